The fraction of sp³-hybridized carbons (Fsp3) is 0.154. The molecule has 0 fully saturated rings. The van der Waals surface area contributed by atoms with Gasteiger partial charge in [0, 0.05) is 46.8 Å². The molecule has 0 spiro atoms. The second-order valence-corrected chi connectivity index (χ2v) is 9.02. The number of rotatable bonds is 8. The zero-order valence-corrected chi connectivity index (χ0v) is 20.7. The van der Waals surface area contributed by atoms with Crippen LogP contribution in [0.2, 0.25) is 5.02 Å². The highest BCUT2D eigenvalue weighted by atomic mass is 35.5. The Labute approximate surface area is 223 Å². The number of hydrogen-bond donors (Lipinski definition) is 1. The number of nitrogens with zero attached hydrogens (tertiary/aromatic N) is 6. The van der Waals surface area contributed by atoms with Crippen LogP contribution in [-0.4, -0.2) is 29.8 Å². The van der Waals surface area contributed by atoms with E-state index in [-0.39, 0.29) is 34.0 Å². The van der Waals surface area contributed by atoms with Crippen molar-refractivity contribution in [3.8, 4) is 22.4 Å². The molecule has 7 nitrogen and oxygen atoms in total. The highest BCUT2D eigenvalue weighted by molar-refractivity contribution is 6.31. The molecule has 2 aromatic carbocycles. The highest BCUT2D eigenvalue weighted by Crippen LogP contribution is 2.34. The van der Waals surface area contributed by atoms with Crippen LogP contribution >= 0.6 is 11.6 Å². The number of nitrogens with two attached hydrogens (primary N) is 1. The van der Waals surface area contributed by atoms with E-state index in [1.54, 1.807) is 30.5 Å². The first-order chi connectivity index (χ1) is 18.7. The molecule has 0 amide bonds. The van der Waals surface area contributed by atoms with Gasteiger partial charge in [0.15, 0.2) is 5.82 Å². The number of halogens is 6. The van der Waals surface area contributed by atoms with E-state index in [9.17, 15) is 22.0 Å². The maximum Gasteiger partial charge on any atom is 0.335 e. The smallest absolute Gasteiger partial charge is 0.335 e. The molecule has 0 aliphatic rings. The molecule has 0 bridgehead atoms. The van der Waals surface area contributed by atoms with Crippen molar-refractivity contribution in [3.05, 3.63) is 101 Å². The summed E-state index contributed by atoms with van der Waals surface area (Å²) in [5.41, 5.74) is 8.13. The Kier molecular flexibility index (Phi) is 7.29. The maximum atomic E-state index is 14.7. The molecule has 2 N–H and O–H groups in total. The minimum absolute atomic E-state index is 0.0616. The van der Waals surface area contributed by atoms with E-state index in [1.807, 2.05) is 0 Å². The van der Waals surface area contributed by atoms with Gasteiger partial charge in [-0.1, -0.05) is 47.1 Å². The molecule has 39 heavy (non-hydrogen) atoms. The molecule has 0 saturated heterocycles. The van der Waals surface area contributed by atoms with E-state index in [2.05, 4.69) is 20.4 Å². The van der Waals surface area contributed by atoms with Gasteiger partial charge >= 0.3 is 6.55 Å². The third-order valence-electron chi connectivity index (χ3n) is 6.18. The van der Waals surface area contributed by atoms with E-state index >= 15 is 0 Å². The van der Waals surface area contributed by atoms with Crippen LogP contribution in [0.25, 0.3) is 22.4 Å². The van der Waals surface area contributed by atoms with Gasteiger partial charge in [-0.15, -0.1) is 5.10 Å². The topological polar surface area (TPSA) is 87.4 Å². The standard InChI is InChI=1S/C26H19ClF5N7/c27-18-6-7-19(33)23(24(18)28)16-5-8-20(34-10-16)21(9-14-1-3-15(4-2-14)25(29)30)38-13-17(11-36-38)22-12-35-37-39(22)26(31)32/h1-8,10-13,21,25-26H,9,33H2. The van der Waals surface area contributed by atoms with Crippen molar-refractivity contribution in [2.45, 2.75) is 25.4 Å². The zero-order chi connectivity index (χ0) is 27.7. The normalized spacial score (nSPS) is 12.4. The van der Waals surface area contributed by atoms with Crippen LogP contribution in [-0.2, 0) is 6.42 Å². The van der Waals surface area contributed by atoms with E-state index in [1.165, 1.54) is 47.5 Å². The number of alkyl halides is 4. The van der Waals surface area contributed by atoms with Gasteiger partial charge in [-0.05, 0) is 23.8 Å². The van der Waals surface area contributed by atoms with Crippen LogP contribution < -0.4 is 5.73 Å². The first-order valence-electron chi connectivity index (χ1n) is 11.5. The Morgan fingerprint density at radius 2 is 1.67 bits per heavy atom. The van der Waals surface area contributed by atoms with Crippen molar-refractivity contribution in [3.63, 3.8) is 0 Å². The Hall–Kier alpha value is -4.32. The second-order valence-electron chi connectivity index (χ2n) is 8.61. The summed E-state index contributed by atoms with van der Waals surface area (Å²) >= 11 is 5.93. The quantitative estimate of drug-likeness (QED) is 0.168. The number of nitrogen functional groups attached to an aromatic ring is 1. The van der Waals surface area contributed by atoms with Crippen LogP contribution in [0.3, 0.4) is 0 Å². The predicted octanol–water partition coefficient (Wildman–Crippen LogP) is 6.74. The summed E-state index contributed by atoms with van der Waals surface area (Å²) in [4.78, 5) is 4.51. The largest absolute Gasteiger partial charge is 0.398 e. The van der Waals surface area contributed by atoms with Crippen LogP contribution in [0.4, 0.5) is 27.6 Å². The molecular weight excluding hydrogens is 541 g/mol. The van der Waals surface area contributed by atoms with E-state index in [0.717, 1.165) is 0 Å². The summed E-state index contributed by atoms with van der Waals surface area (Å²) < 4.78 is 69.5. The maximum absolute atomic E-state index is 14.7. The number of pyridine rings is 1. The van der Waals surface area contributed by atoms with Crippen molar-refractivity contribution in [2.75, 3.05) is 5.73 Å². The molecule has 1 atom stereocenters. The first-order valence-corrected chi connectivity index (χ1v) is 11.9. The van der Waals surface area contributed by atoms with Gasteiger partial charge in [-0.3, -0.25) is 9.67 Å². The van der Waals surface area contributed by atoms with Gasteiger partial charge in [0.2, 0.25) is 0 Å². The van der Waals surface area contributed by atoms with Crippen LogP contribution in [0, 0.1) is 5.82 Å². The first kappa shape index (κ1) is 26.3. The van der Waals surface area contributed by atoms with Crippen molar-refractivity contribution in [1.29, 1.82) is 0 Å². The fourth-order valence-corrected chi connectivity index (χ4v) is 4.36. The average molecular weight is 560 g/mol. The SMILES string of the molecule is Nc1ccc(Cl)c(F)c1-c1ccc(C(Cc2ccc(C(F)F)cc2)n2cc(-c3cnnn3C(F)F)cn2)nc1. The van der Waals surface area contributed by atoms with Crippen molar-refractivity contribution >= 4 is 17.3 Å². The van der Waals surface area contributed by atoms with Gasteiger partial charge in [0.05, 0.1) is 34.8 Å². The molecule has 3 aromatic heterocycles. The zero-order valence-electron chi connectivity index (χ0n) is 19.9. The number of aromatic nitrogens is 6. The molecular formula is C26H19ClF5N7. The Morgan fingerprint density at radius 1 is 0.897 bits per heavy atom. The Balaban J connectivity index is 1.53. The summed E-state index contributed by atoms with van der Waals surface area (Å²) in [6.45, 7) is -2.90. The minimum atomic E-state index is -2.90. The minimum Gasteiger partial charge on any atom is -0.398 e. The predicted molar refractivity (Wildman–Crippen MR) is 135 cm³/mol. The molecule has 5 rings (SSSR count). The van der Waals surface area contributed by atoms with E-state index in [4.69, 9.17) is 17.3 Å². The summed E-state index contributed by atoms with van der Waals surface area (Å²) in [6.07, 6.45) is 3.24. The number of anilines is 1. The Morgan fingerprint density at radius 3 is 2.33 bits per heavy atom. The molecule has 13 heteroatoms. The summed E-state index contributed by atoms with van der Waals surface area (Å²) in [7, 11) is 0. The average Bonchev–Trinajstić information content (AvgIpc) is 3.61. The number of hydrogen-bond acceptors (Lipinski definition) is 5. The van der Waals surface area contributed by atoms with Gasteiger partial charge in [-0.25, -0.2) is 13.2 Å². The summed E-state index contributed by atoms with van der Waals surface area (Å²) in [5.74, 6) is -0.678. The van der Waals surface area contributed by atoms with Crippen molar-refractivity contribution in [1.82, 2.24) is 29.8 Å². The second kappa shape index (κ2) is 10.8. The lowest BCUT2D eigenvalue weighted by Crippen LogP contribution is -2.16. The van der Waals surface area contributed by atoms with Gasteiger partial charge in [0.1, 0.15) is 0 Å². The lowest BCUT2D eigenvalue weighted by Gasteiger charge is -2.18. The van der Waals surface area contributed by atoms with Gasteiger partial charge in [-0.2, -0.15) is 18.6 Å². The molecule has 0 radical (unpaired) electrons. The summed E-state index contributed by atoms with van der Waals surface area (Å²) in [6, 6.07) is 11.4. The number of benzene rings is 2. The molecule has 0 aliphatic carbocycles. The highest BCUT2D eigenvalue weighted by Gasteiger charge is 2.22. The third kappa shape index (κ3) is 5.32. The molecule has 200 valence electrons. The Bertz CT molecular complexity index is 1580. The van der Waals surface area contributed by atoms with Crippen molar-refractivity contribution < 1.29 is 22.0 Å². The van der Waals surface area contributed by atoms with Gasteiger partial charge in [0.25, 0.3) is 6.43 Å². The van der Waals surface area contributed by atoms with Gasteiger partial charge < -0.3 is 5.73 Å². The van der Waals surface area contributed by atoms with Crippen LogP contribution in [0.5, 0.6) is 0 Å². The van der Waals surface area contributed by atoms with Crippen LogP contribution in [0.15, 0.2) is 73.3 Å². The molecule has 0 saturated carbocycles. The third-order valence-corrected chi connectivity index (χ3v) is 6.47. The summed E-state index contributed by atoms with van der Waals surface area (Å²) in [5, 5.41) is 11.2. The molecule has 5 aromatic rings. The fourth-order valence-electron chi connectivity index (χ4n) is 4.20. The lowest BCUT2D eigenvalue weighted by molar-refractivity contribution is 0.0565. The van der Waals surface area contributed by atoms with Crippen molar-refractivity contribution in [2.24, 2.45) is 0 Å². The monoisotopic (exact) mass is 559 g/mol. The molecule has 3 heterocycles. The van der Waals surface area contributed by atoms with Crippen LogP contribution in [0.1, 0.15) is 35.8 Å². The molecule has 0 aliphatic heterocycles. The van der Waals surface area contributed by atoms with E-state index < -0.39 is 24.8 Å². The lowest BCUT2D eigenvalue weighted by atomic mass is 10.00. The van der Waals surface area contributed by atoms with E-state index in [0.29, 0.717) is 27.1 Å². The molecule has 1 unspecified atom stereocenters.